The molecule has 2 amide bonds. The molecule has 0 aliphatic carbocycles. The van der Waals surface area contributed by atoms with Gasteiger partial charge in [-0.05, 0) is 57.6 Å². The number of para-hydroxylation sites is 1. The Balaban J connectivity index is 1.34. The van der Waals surface area contributed by atoms with Gasteiger partial charge in [-0.2, -0.15) is 0 Å². The Hall–Kier alpha value is -2.83. The Morgan fingerprint density at radius 3 is 2.25 bits per heavy atom. The van der Waals surface area contributed by atoms with Crippen LogP contribution < -0.4 is 0 Å². The lowest BCUT2D eigenvalue weighted by molar-refractivity contribution is -0.158. The molecule has 32 heavy (non-hydrogen) atoms. The van der Waals surface area contributed by atoms with Crippen molar-refractivity contribution in [3.63, 3.8) is 0 Å². The van der Waals surface area contributed by atoms with Gasteiger partial charge in [-0.25, -0.2) is 0 Å². The second-order valence-electron chi connectivity index (χ2n) is 10.3. The third-order valence-corrected chi connectivity index (χ3v) is 6.79. The fourth-order valence-corrected chi connectivity index (χ4v) is 5.01. The van der Waals surface area contributed by atoms with E-state index in [0.29, 0.717) is 31.9 Å². The van der Waals surface area contributed by atoms with Crippen LogP contribution in [0.5, 0.6) is 0 Å². The number of rotatable bonds is 3. The Labute approximate surface area is 189 Å². The van der Waals surface area contributed by atoms with Crippen molar-refractivity contribution in [3.8, 4) is 0 Å². The number of benzene rings is 1. The fourth-order valence-electron chi connectivity index (χ4n) is 5.01. The maximum absolute atomic E-state index is 13.2. The number of aryl methyl sites for hydroxylation is 1. The first-order valence-electron chi connectivity index (χ1n) is 11.4. The highest BCUT2D eigenvalue weighted by molar-refractivity contribution is 5.98. The number of carbonyl (C=O) groups is 3. The molecule has 2 aromatic rings. The summed E-state index contributed by atoms with van der Waals surface area (Å²) in [5.74, 6) is -0.571. The molecule has 1 aromatic heterocycles. The van der Waals surface area contributed by atoms with Crippen molar-refractivity contribution in [2.45, 2.75) is 52.1 Å². The Kier molecular flexibility index (Phi) is 5.77. The van der Waals surface area contributed by atoms with Gasteiger partial charge in [0, 0.05) is 44.1 Å². The molecule has 0 atom stereocenters. The molecule has 4 rings (SSSR count). The van der Waals surface area contributed by atoms with Crippen molar-refractivity contribution in [2.75, 3.05) is 26.2 Å². The van der Waals surface area contributed by atoms with Crippen molar-refractivity contribution in [1.82, 2.24) is 14.4 Å². The molecule has 0 radical (unpaired) electrons. The summed E-state index contributed by atoms with van der Waals surface area (Å²) in [6, 6.07) is 9.99. The Morgan fingerprint density at radius 2 is 1.62 bits per heavy atom. The third-order valence-electron chi connectivity index (χ3n) is 6.79. The number of fused-ring (bicyclic) bond motifs is 1. The van der Waals surface area contributed by atoms with Gasteiger partial charge in [0.15, 0.2) is 0 Å². The summed E-state index contributed by atoms with van der Waals surface area (Å²) in [7, 11) is 1.94. The maximum Gasteiger partial charge on any atom is 0.315 e. The first-order chi connectivity index (χ1) is 15.1. The topological polar surface area (TPSA) is 71.9 Å². The molecule has 3 heterocycles. The molecule has 0 unspecified atom stereocenters. The van der Waals surface area contributed by atoms with Crippen molar-refractivity contribution < 1.29 is 19.1 Å². The molecule has 7 nitrogen and oxygen atoms in total. The standard InChI is InChI=1S/C25H33N3O4/c1-24(2,3)32-22(30)16-21(29)28-14-11-25(17-28)9-12-27(13-10-25)23(31)20-15-18-7-5-6-8-19(18)26(20)4/h5-8,15H,9-14,16-17H2,1-4H3. The highest BCUT2D eigenvalue weighted by atomic mass is 16.6. The van der Waals surface area contributed by atoms with E-state index in [0.717, 1.165) is 30.2 Å². The number of hydrogen-bond acceptors (Lipinski definition) is 4. The van der Waals surface area contributed by atoms with Gasteiger partial charge < -0.3 is 19.1 Å². The number of esters is 1. The number of carbonyl (C=O) groups excluding carboxylic acids is 3. The number of hydrogen-bond donors (Lipinski definition) is 0. The number of amides is 2. The smallest absolute Gasteiger partial charge is 0.315 e. The molecule has 172 valence electrons. The van der Waals surface area contributed by atoms with Crippen molar-refractivity contribution in [2.24, 2.45) is 12.5 Å². The average Bonchev–Trinajstić information content (AvgIpc) is 3.29. The normalized spacial score (nSPS) is 18.4. The zero-order valence-corrected chi connectivity index (χ0v) is 19.5. The van der Waals surface area contributed by atoms with Gasteiger partial charge >= 0.3 is 5.97 Å². The van der Waals surface area contributed by atoms with Crippen LogP contribution in [0.4, 0.5) is 0 Å². The Morgan fingerprint density at radius 1 is 1.00 bits per heavy atom. The Bertz CT molecular complexity index is 1040. The number of ether oxygens (including phenoxy) is 1. The highest BCUT2D eigenvalue weighted by Gasteiger charge is 2.43. The predicted molar refractivity (Wildman–Crippen MR) is 122 cm³/mol. The summed E-state index contributed by atoms with van der Waals surface area (Å²) < 4.78 is 7.25. The molecule has 0 bridgehead atoms. The molecule has 2 aliphatic rings. The summed E-state index contributed by atoms with van der Waals surface area (Å²) in [5.41, 5.74) is 1.22. The lowest BCUT2D eigenvalue weighted by Crippen LogP contribution is -2.45. The highest BCUT2D eigenvalue weighted by Crippen LogP contribution is 2.41. The van der Waals surface area contributed by atoms with E-state index in [1.807, 2.05) is 46.8 Å². The molecule has 2 saturated heterocycles. The van der Waals surface area contributed by atoms with Crippen molar-refractivity contribution >= 4 is 28.7 Å². The summed E-state index contributed by atoms with van der Waals surface area (Å²) in [4.78, 5) is 41.6. The number of nitrogens with zero attached hydrogens (tertiary/aromatic N) is 3. The molecule has 7 heteroatoms. The number of piperidine rings is 1. The minimum Gasteiger partial charge on any atom is -0.460 e. The largest absolute Gasteiger partial charge is 0.460 e. The molecular formula is C25H33N3O4. The first kappa shape index (κ1) is 22.4. The van der Waals surface area contributed by atoms with Gasteiger partial charge in [0.25, 0.3) is 5.91 Å². The zero-order chi connectivity index (χ0) is 23.1. The maximum atomic E-state index is 13.2. The summed E-state index contributed by atoms with van der Waals surface area (Å²) in [6.07, 6.45) is 2.46. The molecule has 0 N–H and O–H groups in total. The van der Waals surface area contributed by atoms with Crippen LogP contribution in [-0.2, 0) is 21.4 Å². The molecule has 2 aliphatic heterocycles. The first-order valence-corrected chi connectivity index (χ1v) is 11.4. The van der Waals surface area contributed by atoms with E-state index in [1.165, 1.54) is 0 Å². The summed E-state index contributed by atoms with van der Waals surface area (Å²) in [6.45, 7) is 8.10. The van der Waals surface area contributed by atoms with Crippen LogP contribution in [-0.4, -0.2) is 63.9 Å². The molecule has 0 saturated carbocycles. The van der Waals surface area contributed by atoms with E-state index < -0.39 is 11.6 Å². The van der Waals surface area contributed by atoms with Crippen LogP contribution in [0.25, 0.3) is 10.9 Å². The number of likely N-dealkylation sites (tertiary alicyclic amines) is 2. The van der Waals surface area contributed by atoms with Gasteiger partial charge in [-0.3, -0.25) is 14.4 Å². The van der Waals surface area contributed by atoms with E-state index in [-0.39, 0.29) is 23.7 Å². The SMILES string of the molecule is Cn1c(C(=O)N2CCC3(CCN(C(=O)CC(=O)OC(C)(C)C)C3)CC2)cc2ccccc21. The van der Waals surface area contributed by atoms with E-state index in [1.54, 1.807) is 25.7 Å². The van der Waals surface area contributed by atoms with E-state index in [2.05, 4.69) is 0 Å². The van der Waals surface area contributed by atoms with Crippen molar-refractivity contribution in [1.29, 1.82) is 0 Å². The van der Waals surface area contributed by atoms with Crippen molar-refractivity contribution in [3.05, 3.63) is 36.0 Å². The van der Waals surface area contributed by atoms with Gasteiger partial charge in [0.2, 0.25) is 5.91 Å². The predicted octanol–water partition coefficient (Wildman–Crippen LogP) is 3.36. The number of aromatic nitrogens is 1. The fraction of sp³-hybridized carbons (Fsp3) is 0.560. The molecule has 2 fully saturated rings. The van der Waals surface area contributed by atoms with Gasteiger partial charge in [-0.15, -0.1) is 0 Å². The minimum atomic E-state index is -0.590. The quantitative estimate of drug-likeness (QED) is 0.543. The van der Waals surface area contributed by atoms with Gasteiger partial charge in [-0.1, -0.05) is 18.2 Å². The third kappa shape index (κ3) is 4.52. The second kappa shape index (κ2) is 8.26. The summed E-state index contributed by atoms with van der Waals surface area (Å²) in [5, 5.41) is 1.07. The molecule has 1 spiro atoms. The summed E-state index contributed by atoms with van der Waals surface area (Å²) >= 11 is 0. The monoisotopic (exact) mass is 439 g/mol. The van der Waals surface area contributed by atoms with Crippen LogP contribution in [0.1, 0.15) is 56.9 Å². The molecule has 1 aromatic carbocycles. The van der Waals surface area contributed by atoms with E-state index in [4.69, 9.17) is 4.74 Å². The average molecular weight is 440 g/mol. The van der Waals surface area contributed by atoms with E-state index in [9.17, 15) is 14.4 Å². The van der Waals surface area contributed by atoms with Crippen LogP contribution in [0.2, 0.25) is 0 Å². The lowest BCUT2D eigenvalue weighted by atomic mass is 9.77. The lowest BCUT2D eigenvalue weighted by Gasteiger charge is -2.39. The van der Waals surface area contributed by atoms with Crippen LogP contribution >= 0.6 is 0 Å². The molecular weight excluding hydrogens is 406 g/mol. The van der Waals surface area contributed by atoms with Gasteiger partial charge in [0.1, 0.15) is 17.7 Å². The van der Waals surface area contributed by atoms with Crippen LogP contribution in [0, 0.1) is 5.41 Å². The van der Waals surface area contributed by atoms with Crippen LogP contribution in [0.15, 0.2) is 30.3 Å². The second-order valence-corrected chi connectivity index (χ2v) is 10.3. The van der Waals surface area contributed by atoms with Gasteiger partial charge in [0.05, 0.1) is 0 Å². The van der Waals surface area contributed by atoms with Crippen LogP contribution in [0.3, 0.4) is 0 Å². The zero-order valence-electron chi connectivity index (χ0n) is 19.5. The minimum absolute atomic E-state index is 0.0410. The van der Waals surface area contributed by atoms with E-state index >= 15 is 0 Å².